The van der Waals surface area contributed by atoms with Crippen LogP contribution in [-0.4, -0.2) is 16.4 Å². The molecule has 1 rings (SSSR count). The third-order valence-corrected chi connectivity index (χ3v) is 2.00. The van der Waals surface area contributed by atoms with Gasteiger partial charge in [-0.15, -0.1) is 0 Å². The summed E-state index contributed by atoms with van der Waals surface area (Å²) in [4.78, 5) is 15.0. The average molecular weight is 204 g/mol. The lowest BCUT2D eigenvalue weighted by molar-refractivity contribution is -0.121. The maximum Gasteiger partial charge on any atom is 0.242 e. The van der Waals surface area contributed by atoms with Crippen molar-refractivity contribution in [2.24, 2.45) is 5.73 Å². The molecule has 0 spiro atoms. The molecule has 0 aliphatic carbocycles. The summed E-state index contributed by atoms with van der Waals surface area (Å²) in [7, 11) is 0. The normalized spacial score (nSPS) is 10.5. The van der Waals surface area contributed by atoms with Crippen molar-refractivity contribution in [1.29, 1.82) is 5.26 Å². The minimum atomic E-state index is -0.908. The van der Waals surface area contributed by atoms with Gasteiger partial charge in [-0.1, -0.05) is 0 Å². The number of nitrogens with zero attached hydrogens (tertiary/aromatic N) is 2. The van der Waals surface area contributed by atoms with Crippen LogP contribution in [-0.2, 0) is 4.79 Å². The smallest absolute Gasteiger partial charge is 0.242 e. The van der Waals surface area contributed by atoms with E-state index < -0.39 is 11.4 Å². The number of pyridine rings is 1. The van der Waals surface area contributed by atoms with E-state index in [2.05, 4.69) is 10.3 Å². The van der Waals surface area contributed by atoms with Crippen LogP contribution < -0.4 is 11.1 Å². The van der Waals surface area contributed by atoms with E-state index in [0.29, 0.717) is 11.3 Å². The molecule has 0 aliphatic rings. The number of carbonyl (C=O) groups is 1. The molecule has 0 saturated heterocycles. The SMILES string of the molecule is CC(C)(Nc1cnccc1C#N)C(N)=O. The van der Waals surface area contributed by atoms with Crippen molar-refractivity contribution in [3.63, 3.8) is 0 Å². The van der Waals surface area contributed by atoms with E-state index >= 15 is 0 Å². The van der Waals surface area contributed by atoms with Gasteiger partial charge in [0.2, 0.25) is 5.91 Å². The zero-order valence-corrected chi connectivity index (χ0v) is 8.61. The lowest BCUT2D eigenvalue weighted by Crippen LogP contribution is -2.45. The minimum Gasteiger partial charge on any atom is -0.369 e. The highest BCUT2D eigenvalue weighted by molar-refractivity contribution is 5.87. The van der Waals surface area contributed by atoms with Crippen molar-refractivity contribution in [3.05, 3.63) is 24.0 Å². The molecule has 0 aromatic carbocycles. The summed E-state index contributed by atoms with van der Waals surface area (Å²) in [5.41, 5.74) is 5.23. The third kappa shape index (κ3) is 2.44. The molecular weight excluding hydrogens is 192 g/mol. The van der Waals surface area contributed by atoms with E-state index in [1.54, 1.807) is 19.9 Å². The van der Waals surface area contributed by atoms with Gasteiger partial charge in [0, 0.05) is 6.20 Å². The van der Waals surface area contributed by atoms with Crippen LogP contribution in [0.2, 0.25) is 0 Å². The Balaban J connectivity index is 3.00. The molecule has 0 bridgehead atoms. The largest absolute Gasteiger partial charge is 0.369 e. The Morgan fingerprint density at radius 3 is 2.87 bits per heavy atom. The molecule has 5 heteroatoms. The lowest BCUT2D eigenvalue weighted by Gasteiger charge is -2.23. The van der Waals surface area contributed by atoms with Crippen LogP contribution in [0, 0.1) is 11.3 Å². The van der Waals surface area contributed by atoms with Crippen LogP contribution in [0.5, 0.6) is 0 Å². The Bertz CT molecular complexity index is 420. The second kappa shape index (κ2) is 3.96. The van der Waals surface area contributed by atoms with Crippen molar-refractivity contribution in [1.82, 2.24) is 4.98 Å². The van der Waals surface area contributed by atoms with E-state index in [-0.39, 0.29) is 0 Å². The molecule has 1 aromatic heterocycles. The number of carbonyl (C=O) groups excluding carboxylic acids is 1. The third-order valence-electron chi connectivity index (χ3n) is 2.00. The van der Waals surface area contributed by atoms with Crippen LogP contribution in [0.3, 0.4) is 0 Å². The van der Waals surface area contributed by atoms with E-state index in [4.69, 9.17) is 11.0 Å². The Kier molecular flexibility index (Phi) is 2.90. The van der Waals surface area contributed by atoms with Crippen molar-refractivity contribution in [3.8, 4) is 6.07 Å². The fraction of sp³-hybridized carbons (Fsp3) is 0.300. The van der Waals surface area contributed by atoms with Gasteiger partial charge in [-0.3, -0.25) is 9.78 Å². The molecule has 1 amide bonds. The summed E-state index contributed by atoms with van der Waals surface area (Å²) < 4.78 is 0. The number of nitrogens with one attached hydrogen (secondary N) is 1. The quantitative estimate of drug-likeness (QED) is 0.755. The highest BCUT2D eigenvalue weighted by atomic mass is 16.1. The first-order chi connectivity index (χ1) is 6.97. The predicted molar refractivity (Wildman–Crippen MR) is 55.8 cm³/mol. The van der Waals surface area contributed by atoms with Gasteiger partial charge in [0.15, 0.2) is 0 Å². The van der Waals surface area contributed by atoms with Crippen LogP contribution in [0.4, 0.5) is 5.69 Å². The highest BCUT2D eigenvalue weighted by Gasteiger charge is 2.25. The standard InChI is InChI=1S/C10H12N4O/c1-10(2,9(12)15)14-8-6-13-4-3-7(8)5-11/h3-4,6,14H,1-2H3,(H2,12,15). The fourth-order valence-electron chi connectivity index (χ4n) is 0.990. The van der Waals surface area contributed by atoms with Gasteiger partial charge in [0.05, 0.1) is 17.4 Å². The van der Waals surface area contributed by atoms with E-state index in [1.807, 2.05) is 6.07 Å². The number of anilines is 1. The molecule has 0 radical (unpaired) electrons. The van der Waals surface area contributed by atoms with Crippen LogP contribution in [0.1, 0.15) is 19.4 Å². The summed E-state index contributed by atoms with van der Waals surface area (Å²) in [6, 6.07) is 3.57. The topological polar surface area (TPSA) is 91.8 Å². The number of rotatable bonds is 3. The summed E-state index contributed by atoms with van der Waals surface area (Å²) in [6.45, 7) is 3.28. The van der Waals surface area contributed by atoms with Crippen molar-refractivity contribution in [2.75, 3.05) is 5.32 Å². The van der Waals surface area contributed by atoms with E-state index in [0.717, 1.165) is 0 Å². The molecule has 15 heavy (non-hydrogen) atoms. The molecular formula is C10H12N4O. The van der Waals surface area contributed by atoms with Crippen LogP contribution in [0.25, 0.3) is 0 Å². The zero-order valence-electron chi connectivity index (χ0n) is 8.61. The van der Waals surface area contributed by atoms with E-state index in [9.17, 15) is 4.79 Å². The van der Waals surface area contributed by atoms with Gasteiger partial charge < -0.3 is 11.1 Å². The number of hydrogen-bond donors (Lipinski definition) is 2. The Morgan fingerprint density at radius 2 is 2.33 bits per heavy atom. The molecule has 1 heterocycles. The average Bonchev–Trinajstić information content (AvgIpc) is 2.18. The molecule has 1 aromatic rings. The van der Waals surface area contributed by atoms with Crippen molar-refractivity contribution >= 4 is 11.6 Å². The van der Waals surface area contributed by atoms with Crippen LogP contribution >= 0.6 is 0 Å². The zero-order chi connectivity index (χ0) is 11.5. The second-order valence-electron chi connectivity index (χ2n) is 3.65. The number of aromatic nitrogens is 1. The molecule has 3 N–H and O–H groups in total. The molecule has 0 unspecified atom stereocenters. The first kappa shape index (κ1) is 11.0. The molecule has 0 aliphatic heterocycles. The van der Waals surface area contributed by atoms with Crippen LogP contribution in [0.15, 0.2) is 18.5 Å². The van der Waals surface area contributed by atoms with Gasteiger partial charge in [-0.25, -0.2) is 0 Å². The molecule has 5 nitrogen and oxygen atoms in total. The summed E-state index contributed by atoms with van der Waals surface area (Å²) in [5, 5.41) is 11.7. The van der Waals surface area contributed by atoms with Gasteiger partial charge in [0.25, 0.3) is 0 Å². The predicted octanol–water partition coefficient (Wildman–Crippen LogP) is 0.629. The monoisotopic (exact) mass is 204 g/mol. The number of hydrogen-bond acceptors (Lipinski definition) is 4. The molecule has 78 valence electrons. The minimum absolute atomic E-state index is 0.430. The maximum atomic E-state index is 11.1. The Hall–Kier alpha value is -2.09. The number of nitrogens with two attached hydrogens (primary N) is 1. The Labute approximate surface area is 87.9 Å². The fourth-order valence-corrected chi connectivity index (χ4v) is 0.990. The maximum absolute atomic E-state index is 11.1. The molecule has 0 fully saturated rings. The lowest BCUT2D eigenvalue weighted by atomic mass is 10.0. The molecule has 0 atom stereocenters. The highest BCUT2D eigenvalue weighted by Crippen LogP contribution is 2.17. The summed E-state index contributed by atoms with van der Waals surface area (Å²) >= 11 is 0. The van der Waals surface area contributed by atoms with Crippen molar-refractivity contribution in [2.45, 2.75) is 19.4 Å². The number of amides is 1. The van der Waals surface area contributed by atoms with Gasteiger partial charge >= 0.3 is 0 Å². The van der Waals surface area contributed by atoms with Gasteiger partial charge in [-0.05, 0) is 19.9 Å². The number of nitriles is 1. The molecule has 0 saturated carbocycles. The van der Waals surface area contributed by atoms with Gasteiger partial charge in [-0.2, -0.15) is 5.26 Å². The first-order valence-electron chi connectivity index (χ1n) is 4.39. The summed E-state index contributed by atoms with van der Waals surface area (Å²) in [6.07, 6.45) is 3.00. The number of primary amides is 1. The van der Waals surface area contributed by atoms with Gasteiger partial charge in [0.1, 0.15) is 11.6 Å². The van der Waals surface area contributed by atoms with E-state index in [1.165, 1.54) is 12.4 Å². The summed E-state index contributed by atoms with van der Waals surface area (Å²) in [5.74, 6) is -0.491. The van der Waals surface area contributed by atoms with Crippen molar-refractivity contribution < 1.29 is 4.79 Å². The Morgan fingerprint density at radius 1 is 1.67 bits per heavy atom. The first-order valence-corrected chi connectivity index (χ1v) is 4.39. The second-order valence-corrected chi connectivity index (χ2v) is 3.65.